The van der Waals surface area contributed by atoms with Crippen molar-refractivity contribution in [3.63, 3.8) is 0 Å². The fraction of sp³-hybridized carbons (Fsp3) is 0.0698. The summed E-state index contributed by atoms with van der Waals surface area (Å²) in [6.07, 6.45) is 0. The number of hydrogen-bond donors (Lipinski definition) is 0. The monoisotopic (exact) mass is 607 g/mol. The maximum absolute atomic E-state index is 6.18. The normalized spacial score (nSPS) is 13.4. The zero-order valence-electron chi connectivity index (χ0n) is 25.1. The van der Waals surface area contributed by atoms with Gasteiger partial charge in [0.25, 0.3) is 0 Å². The maximum atomic E-state index is 6.18. The molecule has 0 N–H and O–H groups in total. The lowest BCUT2D eigenvalue weighted by atomic mass is 9.99. The highest BCUT2D eigenvalue weighted by Gasteiger charge is 2.37. The third-order valence-corrected chi connectivity index (χ3v) is 13.7. The van der Waals surface area contributed by atoms with Gasteiger partial charge < -0.3 is 8.98 Å². The van der Waals surface area contributed by atoms with Gasteiger partial charge in [-0.25, -0.2) is 0 Å². The van der Waals surface area contributed by atoms with E-state index in [-0.39, 0.29) is 7.43 Å². The molecule has 2 aromatic heterocycles. The summed E-state index contributed by atoms with van der Waals surface area (Å²) in [5.41, 5.74) is 10.9. The van der Waals surface area contributed by atoms with Crippen LogP contribution in [-0.2, 0) is 0 Å². The quantitative estimate of drug-likeness (QED) is 0.179. The molecular weight excluding hydrogens is 575 g/mol. The summed E-state index contributed by atoms with van der Waals surface area (Å²) in [6.45, 7) is 4.98. The minimum Gasteiger partial charge on any atom is -0.456 e. The Balaban J connectivity index is 0.00000292. The Morgan fingerprint density at radius 1 is 0.500 bits per heavy atom. The van der Waals surface area contributed by atoms with Crippen molar-refractivity contribution in [1.29, 1.82) is 0 Å². The van der Waals surface area contributed by atoms with E-state index in [0.717, 1.165) is 22.2 Å². The lowest BCUT2D eigenvalue weighted by Gasteiger charge is -2.19. The van der Waals surface area contributed by atoms with Gasteiger partial charge in [0.2, 0.25) is 0 Å². The Labute approximate surface area is 269 Å². The highest BCUT2D eigenvalue weighted by molar-refractivity contribution is 7.03. The first-order chi connectivity index (χ1) is 22.1. The smallest absolute Gasteiger partial charge is 0.136 e. The van der Waals surface area contributed by atoms with E-state index in [9.17, 15) is 0 Å². The van der Waals surface area contributed by atoms with Crippen molar-refractivity contribution in [3.05, 3.63) is 140 Å². The zero-order valence-corrected chi connectivity index (χ0v) is 26.1. The number of furan rings is 1. The molecule has 0 fully saturated rings. The highest BCUT2D eigenvalue weighted by Crippen LogP contribution is 2.39. The van der Waals surface area contributed by atoms with Gasteiger partial charge in [0.05, 0.1) is 11.0 Å². The number of aromatic nitrogens is 1. The number of fused-ring (bicyclic) bond motifs is 11. The number of hydrogen-bond acceptors (Lipinski definition) is 1. The lowest BCUT2D eigenvalue weighted by Crippen LogP contribution is -2.49. The van der Waals surface area contributed by atoms with Gasteiger partial charge in [-0.05, 0) is 85.9 Å². The molecule has 2 nitrogen and oxygen atoms in total. The predicted molar refractivity (Wildman–Crippen MR) is 200 cm³/mol. The van der Waals surface area contributed by atoms with Crippen LogP contribution in [0.15, 0.2) is 144 Å². The fourth-order valence-electron chi connectivity index (χ4n) is 7.99. The second-order valence-electron chi connectivity index (χ2n) is 13.0. The molecule has 0 atom stereocenters. The van der Waals surface area contributed by atoms with Crippen molar-refractivity contribution in [2.75, 3.05) is 0 Å². The molecule has 1 aliphatic rings. The van der Waals surface area contributed by atoms with Crippen molar-refractivity contribution in [1.82, 2.24) is 4.57 Å². The van der Waals surface area contributed by atoms with Gasteiger partial charge in [0, 0.05) is 27.2 Å². The maximum Gasteiger partial charge on any atom is 0.136 e. The molecule has 0 bridgehead atoms. The minimum absolute atomic E-state index is 0. The molecule has 0 aliphatic carbocycles. The van der Waals surface area contributed by atoms with Crippen LogP contribution in [0.2, 0.25) is 13.1 Å². The number of para-hydroxylation sites is 2. The minimum atomic E-state index is -1.74. The van der Waals surface area contributed by atoms with E-state index in [1.54, 1.807) is 10.4 Å². The second-order valence-corrected chi connectivity index (χ2v) is 17.3. The van der Waals surface area contributed by atoms with Gasteiger partial charge in [0.1, 0.15) is 19.2 Å². The first-order valence-corrected chi connectivity index (χ1v) is 18.7. The van der Waals surface area contributed by atoms with Crippen LogP contribution in [0.25, 0.3) is 82.5 Å². The number of rotatable bonds is 2. The Kier molecular flexibility index (Phi) is 5.60. The van der Waals surface area contributed by atoms with Crippen LogP contribution in [0, 0.1) is 0 Å². The van der Waals surface area contributed by atoms with Crippen molar-refractivity contribution >= 4 is 73.0 Å². The molecule has 0 unspecified atom stereocenters. The van der Waals surface area contributed by atoms with Crippen LogP contribution in [-0.4, -0.2) is 12.6 Å². The number of nitrogens with zero attached hydrogens (tertiary/aromatic N) is 1. The van der Waals surface area contributed by atoms with Crippen molar-refractivity contribution in [3.8, 4) is 27.9 Å². The Hall–Kier alpha value is -5.38. The van der Waals surface area contributed by atoms with Crippen molar-refractivity contribution < 1.29 is 4.42 Å². The van der Waals surface area contributed by atoms with Gasteiger partial charge in [-0.2, -0.15) is 0 Å². The number of benzene rings is 7. The van der Waals surface area contributed by atoms with Crippen molar-refractivity contribution in [2.45, 2.75) is 20.5 Å². The Morgan fingerprint density at radius 3 is 2.13 bits per heavy atom. The molecule has 0 spiro atoms. The van der Waals surface area contributed by atoms with E-state index >= 15 is 0 Å². The average molecular weight is 608 g/mol. The molecule has 3 heteroatoms. The van der Waals surface area contributed by atoms with Gasteiger partial charge in [-0.1, -0.05) is 118 Å². The first-order valence-electron chi connectivity index (χ1n) is 15.7. The third kappa shape index (κ3) is 3.58. The van der Waals surface area contributed by atoms with E-state index < -0.39 is 8.07 Å². The summed E-state index contributed by atoms with van der Waals surface area (Å²) in [7, 11) is -1.74. The molecule has 9 aromatic rings. The Morgan fingerprint density at radius 2 is 1.22 bits per heavy atom. The van der Waals surface area contributed by atoms with Crippen LogP contribution >= 0.6 is 0 Å². The first kappa shape index (κ1) is 27.0. The van der Waals surface area contributed by atoms with Crippen LogP contribution < -0.4 is 10.4 Å². The average Bonchev–Trinajstić information content (AvgIpc) is 3.70. The second kappa shape index (κ2) is 9.56. The molecule has 7 aromatic carbocycles. The summed E-state index contributed by atoms with van der Waals surface area (Å²) in [5.74, 6) is 0. The molecule has 1 aliphatic heterocycles. The summed E-state index contributed by atoms with van der Waals surface area (Å²) < 4.78 is 8.59. The summed E-state index contributed by atoms with van der Waals surface area (Å²) in [6, 6.07) is 51.4. The lowest BCUT2D eigenvalue weighted by molar-refractivity contribution is 0.669. The molecule has 0 radical (unpaired) electrons. The van der Waals surface area contributed by atoms with Crippen LogP contribution in [0.1, 0.15) is 7.43 Å². The molecule has 10 rings (SSSR count). The van der Waals surface area contributed by atoms with Crippen LogP contribution in [0.4, 0.5) is 0 Å². The zero-order chi connectivity index (χ0) is 29.9. The highest BCUT2D eigenvalue weighted by atomic mass is 28.3. The topological polar surface area (TPSA) is 18.1 Å². The molecule has 0 amide bonds. The summed E-state index contributed by atoms with van der Waals surface area (Å²) >= 11 is 0. The Bertz CT molecular complexity index is 2690. The standard InChI is InChI=1S/C42H29NOSi.CH4/c1-45(2)40-14-8-5-10-32(40)33-19-15-27(25-41(33)45)26-16-21-37-35(24-26)31-9-3-6-12-36(31)43(37)29-18-20-30-28(23-29)17-22-39-42(30)34-11-4-7-13-38(34)44-39;/h3-25H,1-2H3;1H4. The predicted octanol–water partition coefficient (Wildman–Crippen LogP) is 10.9. The molecular formula is C43H33NOSi. The largest absolute Gasteiger partial charge is 0.456 e. The fourth-order valence-corrected chi connectivity index (χ4v) is 11.1. The van der Waals surface area contributed by atoms with Crippen molar-refractivity contribution in [2.24, 2.45) is 0 Å². The van der Waals surface area contributed by atoms with Gasteiger partial charge in [-0.15, -0.1) is 0 Å². The molecule has 3 heterocycles. The van der Waals surface area contributed by atoms with E-state index in [1.807, 2.05) is 12.1 Å². The van der Waals surface area contributed by atoms with Gasteiger partial charge >= 0.3 is 0 Å². The van der Waals surface area contributed by atoms with Crippen LogP contribution in [0.3, 0.4) is 0 Å². The van der Waals surface area contributed by atoms with Gasteiger partial charge in [-0.3, -0.25) is 0 Å². The summed E-state index contributed by atoms with van der Waals surface area (Å²) in [5, 5.41) is 10.4. The van der Waals surface area contributed by atoms with E-state index in [1.165, 1.54) is 60.2 Å². The van der Waals surface area contributed by atoms with E-state index in [4.69, 9.17) is 4.42 Å². The molecule has 0 saturated heterocycles. The SMILES string of the molecule is C.C[Si]1(C)c2ccccc2-c2ccc(-c3ccc4c(c3)c3ccccc3n4-c3ccc4c(ccc5oc6ccccc6c54)c3)cc21. The van der Waals surface area contributed by atoms with Crippen LogP contribution in [0.5, 0.6) is 0 Å². The third-order valence-electron chi connectivity index (χ3n) is 10.2. The molecule has 46 heavy (non-hydrogen) atoms. The van der Waals surface area contributed by atoms with Gasteiger partial charge in [0.15, 0.2) is 0 Å². The van der Waals surface area contributed by atoms with E-state index in [0.29, 0.717) is 0 Å². The molecule has 220 valence electrons. The van der Waals surface area contributed by atoms with E-state index in [2.05, 4.69) is 145 Å². The summed E-state index contributed by atoms with van der Waals surface area (Å²) in [4.78, 5) is 0. The molecule has 0 saturated carbocycles.